The first-order chi connectivity index (χ1) is 12.3. The molecule has 146 valence electrons. The van der Waals surface area contributed by atoms with Gasteiger partial charge in [-0.3, -0.25) is 4.79 Å². The molecule has 1 aliphatic heterocycles. The number of piperidine rings is 1. The van der Waals surface area contributed by atoms with E-state index >= 15 is 0 Å². The Hall–Kier alpha value is -1.48. The molecule has 1 saturated heterocycles. The van der Waals surface area contributed by atoms with Crippen LogP contribution in [0.25, 0.3) is 0 Å². The van der Waals surface area contributed by atoms with Crippen molar-refractivity contribution in [3.8, 4) is 0 Å². The minimum absolute atomic E-state index is 0.0807. The fourth-order valence-electron chi connectivity index (χ4n) is 3.04. The van der Waals surface area contributed by atoms with E-state index in [1.54, 1.807) is 0 Å². The SMILES string of the molecule is Cc1ccc(C(CNC(=O)C2CCN(S(C)(=O)=O)CC2)OCCO)cc1. The van der Waals surface area contributed by atoms with Crippen LogP contribution >= 0.6 is 0 Å². The molecule has 0 aromatic heterocycles. The van der Waals surface area contributed by atoms with Gasteiger partial charge in [-0.2, -0.15) is 0 Å². The monoisotopic (exact) mass is 384 g/mol. The number of carbonyl (C=O) groups is 1. The molecule has 0 saturated carbocycles. The number of benzene rings is 1. The summed E-state index contributed by atoms with van der Waals surface area (Å²) in [6.07, 6.45) is 1.90. The molecule has 1 aromatic rings. The largest absolute Gasteiger partial charge is 0.394 e. The molecule has 1 fully saturated rings. The Morgan fingerprint density at radius 1 is 1.31 bits per heavy atom. The summed E-state index contributed by atoms with van der Waals surface area (Å²) in [6.45, 7) is 3.17. The minimum atomic E-state index is -3.19. The summed E-state index contributed by atoms with van der Waals surface area (Å²) in [7, 11) is -3.19. The maximum atomic E-state index is 12.4. The molecular weight excluding hydrogens is 356 g/mol. The van der Waals surface area contributed by atoms with Gasteiger partial charge in [0.15, 0.2) is 0 Å². The summed E-state index contributed by atoms with van der Waals surface area (Å²) in [4.78, 5) is 12.4. The summed E-state index contributed by atoms with van der Waals surface area (Å²) in [5.74, 6) is -0.271. The van der Waals surface area contributed by atoms with Crippen molar-refractivity contribution < 1.29 is 23.1 Å². The Morgan fingerprint density at radius 3 is 2.46 bits per heavy atom. The lowest BCUT2D eigenvalue weighted by Crippen LogP contribution is -2.43. The van der Waals surface area contributed by atoms with E-state index < -0.39 is 10.0 Å². The van der Waals surface area contributed by atoms with Gasteiger partial charge in [0.05, 0.1) is 25.6 Å². The van der Waals surface area contributed by atoms with Crippen LogP contribution in [-0.2, 0) is 19.6 Å². The quantitative estimate of drug-likeness (QED) is 0.692. The van der Waals surface area contributed by atoms with Crippen molar-refractivity contribution in [1.82, 2.24) is 9.62 Å². The Morgan fingerprint density at radius 2 is 1.92 bits per heavy atom. The van der Waals surface area contributed by atoms with Crippen LogP contribution in [0, 0.1) is 12.8 Å². The fraction of sp³-hybridized carbons (Fsp3) is 0.611. The molecule has 7 nitrogen and oxygen atoms in total. The fourth-order valence-corrected chi connectivity index (χ4v) is 3.91. The van der Waals surface area contributed by atoms with E-state index in [4.69, 9.17) is 9.84 Å². The van der Waals surface area contributed by atoms with Crippen LogP contribution < -0.4 is 5.32 Å². The van der Waals surface area contributed by atoms with E-state index in [0.717, 1.165) is 11.1 Å². The Balaban J connectivity index is 1.89. The molecule has 0 spiro atoms. The number of aliphatic hydroxyl groups excluding tert-OH is 1. The Labute approximate surface area is 155 Å². The molecule has 2 rings (SSSR count). The first kappa shape index (κ1) is 20.8. The lowest BCUT2D eigenvalue weighted by Gasteiger charge is -2.29. The van der Waals surface area contributed by atoms with Gasteiger partial charge in [-0.1, -0.05) is 29.8 Å². The number of aryl methyl sites for hydroxylation is 1. The number of aliphatic hydroxyl groups is 1. The predicted octanol–water partition coefficient (Wildman–Crippen LogP) is 0.833. The number of nitrogens with one attached hydrogen (secondary N) is 1. The Kier molecular flexibility index (Phi) is 7.57. The van der Waals surface area contributed by atoms with Gasteiger partial charge in [0.25, 0.3) is 0 Å². The van der Waals surface area contributed by atoms with Gasteiger partial charge < -0.3 is 15.2 Å². The molecule has 2 N–H and O–H groups in total. The van der Waals surface area contributed by atoms with E-state index in [0.29, 0.717) is 32.5 Å². The summed E-state index contributed by atoms with van der Waals surface area (Å²) in [6, 6.07) is 7.86. The number of ether oxygens (including phenoxy) is 1. The van der Waals surface area contributed by atoms with Crippen LogP contribution in [0.2, 0.25) is 0 Å². The summed E-state index contributed by atoms with van der Waals surface area (Å²) < 4.78 is 30.2. The molecule has 1 aliphatic rings. The second-order valence-corrected chi connectivity index (χ2v) is 8.66. The standard InChI is InChI=1S/C18H28N2O5S/c1-14-3-5-15(6-4-14)17(25-12-11-21)13-19-18(22)16-7-9-20(10-8-16)26(2,23)24/h3-6,16-17,21H,7-13H2,1-2H3,(H,19,22). The van der Waals surface area contributed by atoms with Crippen LogP contribution in [0.4, 0.5) is 0 Å². The van der Waals surface area contributed by atoms with Crippen molar-refractivity contribution in [2.45, 2.75) is 25.9 Å². The lowest BCUT2D eigenvalue weighted by atomic mass is 9.97. The van der Waals surface area contributed by atoms with Gasteiger partial charge in [0.1, 0.15) is 0 Å². The van der Waals surface area contributed by atoms with Gasteiger partial charge in [0.2, 0.25) is 15.9 Å². The summed E-state index contributed by atoms with van der Waals surface area (Å²) in [5, 5.41) is 11.9. The maximum Gasteiger partial charge on any atom is 0.223 e. The number of nitrogens with zero attached hydrogens (tertiary/aromatic N) is 1. The summed E-state index contributed by atoms with van der Waals surface area (Å²) >= 11 is 0. The number of sulfonamides is 1. The van der Waals surface area contributed by atoms with Crippen molar-refractivity contribution in [2.24, 2.45) is 5.92 Å². The highest BCUT2D eigenvalue weighted by molar-refractivity contribution is 7.88. The molecule has 8 heteroatoms. The van der Waals surface area contributed by atoms with Gasteiger partial charge in [-0.15, -0.1) is 0 Å². The zero-order valence-electron chi connectivity index (χ0n) is 15.3. The van der Waals surface area contributed by atoms with Crippen LogP contribution in [0.1, 0.15) is 30.1 Å². The minimum Gasteiger partial charge on any atom is -0.394 e. The zero-order valence-corrected chi connectivity index (χ0v) is 16.2. The molecule has 1 unspecified atom stereocenters. The van der Waals surface area contributed by atoms with Gasteiger partial charge in [-0.25, -0.2) is 12.7 Å². The van der Waals surface area contributed by atoms with Crippen LogP contribution in [0.5, 0.6) is 0 Å². The normalized spacial score (nSPS) is 17.8. The average molecular weight is 384 g/mol. The van der Waals surface area contributed by atoms with Gasteiger partial charge in [-0.05, 0) is 25.3 Å². The molecule has 0 aliphatic carbocycles. The van der Waals surface area contributed by atoms with Crippen LogP contribution in [0.3, 0.4) is 0 Å². The smallest absolute Gasteiger partial charge is 0.223 e. The molecule has 1 heterocycles. The maximum absolute atomic E-state index is 12.4. The van der Waals surface area contributed by atoms with Crippen molar-refractivity contribution in [2.75, 3.05) is 39.1 Å². The van der Waals surface area contributed by atoms with Gasteiger partial charge >= 0.3 is 0 Å². The summed E-state index contributed by atoms with van der Waals surface area (Å²) in [5.41, 5.74) is 2.08. The molecule has 1 atom stereocenters. The highest BCUT2D eigenvalue weighted by Crippen LogP contribution is 2.21. The van der Waals surface area contributed by atoms with E-state index in [1.807, 2.05) is 31.2 Å². The third kappa shape index (κ3) is 6.05. The molecule has 26 heavy (non-hydrogen) atoms. The molecular formula is C18H28N2O5S. The highest BCUT2D eigenvalue weighted by atomic mass is 32.2. The molecule has 0 bridgehead atoms. The molecule has 1 amide bonds. The molecule has 0 radical (unpaired) electrons. The second-order valence-electron chi connectivity index (χ2n) is 6.68. The van der Waals surface area contributed by atoms with Gasteiger partial charge in [0, 0.05) is 25.6 Å². The predicted molar refractivity (Wildman–Crippen MR) is 99.1 cm³/mol. The Bertz CT molecular complexity index is 682. The third-order valence-corrected chi connectivity index (χ3v) is 5.92. The third-order valence-electron chi connectivity index (χ3n) is 4.61. The second kappa shape index (κ2) is 9.45. The van der Waals surface area contributed by atoms with Crippen molar-refractivity contribution in [3.05, 3.63) is 35.4 Å². The zero-order chi connectivity index (χ0) is 19.2. The number of carbonyl (C=O) groups excluding carboxylic acids is 1. The number of amides is 1. The van der Waals surface area contributed by atoms with E-state index in [1.165, 1.54) is 10.6 Å². The van der Waals surface area contributed by atoms with Crippen molar-refractivity contribution in [1.29, 1.82) is 0 Å². The van der Waals surface area contributed by atoms with E-state index in [2.05, 4.69) is 5.32 Å². The van der Waals surface area contributed by atoms with Crippen molar-refractivity contribution >= 4 is 15.9 Å². The van der Waals surface area contributed by atoms with Crippen LogP contribution in [0.15, 0.2) is 24.3 Å². The number of hydrogen-bond donors (Lipinski definition) is 2. The molecule has 1 aromatic carbocycles. The number of hydrogen-bond acceptors (Lipinski definition) is 5. The average Bonchev–Trinajstić information content (AvgIpc) is 2.62. The van der Waals surface area contributed by atoms with E-state index in [-0.39, 0.29) is 31.1 Å². The number of rotatable bonds is 8. The first-order valence-corrected chi connectivity index (χ1v) is 10.7. The van der Waals surface area contributed by atoms with E-state index in [9.17, 15) is 13.2 Å². The lowest BCUT2D eigenvalue weighted by molar-refractivity contribution is -0.126. The highest BCUT2D eigenvalue weighted by Gasteiger charge is 2.29. The topological polar surface area (TPSA) is 95.9 Å². The van der Waals surface area contributed by atoms with Crippen LogP contribution in [-0.4, -0.2) is 62.8 Å². The van der Waals surface area contributed by atoms with Crippen molar-refractivity contribution in [3.63, 3.8) is 0 Å². The first-order valence-electron chi connectivity index (χ1n) is 8.83.